The summed E-state index contributed by atoms with van der Waals surface area (Å²) in [6.45, 7) is 8.98. The second-order valence-corrected chi connectivity index (χ2v) is 6.75. The van der Waals surface area contributed by atoms with Crippen molar-refractivity contribution in [1.29, 1.82) is 0 Å². The van der Waals surface area contributed by atoms with E-state index in [-0.39, 0.29) is 0 Å². The molecule has 0 saturated heterocycles. The molecule has 0 radical (unpaired) electrons. The molecule has 0 aromatic heterocycles. The van der Waals surface area contributed by atoms with Gasteiger partial charge in [0.15, 0.2) is 0 Å². The third kappa shape index (κ3) is 2.47. The molecule has 0 aliphatic heterocycles. The second-order valence-electron chi connectivity index (χ2n) is 6.75. The van der Waals surface area contributed by atoms with Crippen LogP contribution in [0.4, 0.5) is 0 Å². The molecule has 1 aliphatic carbocycles. The molecule has 0 heterocycles. The highest BCUT2D eigenvalue weighted by Crippen LogP contribution is 2.48. The van der Waals surface area contributed by atoms with Gasteiger partial charge in [0.2, 0.25) is 0 Å². The van der Waals surface area contributed by atoms with E-state index < -0.39 is 5.60 Å². The van der Waals surface area contributed by atoms with E-state index in [1.54, 1.807) is 0 Å². The molecular weight excluding hydrogens is 220 g/mol. The highest BCUT2D eigenvalue weighted by Gasteiger charge is 2.43. The van der Waals surface area contributed by atoms with Crippen LogP contribution in [0.15, 0.2) is 24.3 Å². The van der Waals surface area contributed by atoms with Crippen molar-refractivity contribution in [3.63, 3.8) is 0 Å². The summed E-state index contributed by atoms with van der Waals surface area (Å²) in [5.41, 5.74) is 2.18. The highest BCUT2D eigenvalue weighted by molar-refractivity contribution is 5.29. The maximum atomic E-state index is 11.1. The highest BCUT2D eigenvalue weighted by atomic mass is 16.3. The second kappa shape index (κ2) is 4.70. The van der Waals surface area contributed by atoms with E-state index in [0.717, 1.165) is 31.2 Å². The van der Waals surface area contributed by atoms with Gasteiger partial charge in [0.1, 0.15) is 0 Å². The van der Waals surface area contributed by atoms with Gasteiger partial charge in [-0.1, -0.05) is 52.0 Å². The third-order valence-corrected chi connectivity index (χ3v) is 4.69. The molecule has 1 saturated carbocycles. The molecule has 1 aromatic rings. The van der Waals surface area contributed by atoms with Crippen molar-refractivity contribution < 1.29 is 5.11 Å². The van der Waals surface area contributed by atoms with Crippen LogP contribution in [0.3, 0.4) is 0 Å². The summed E-state index contributed by atoms with van der Waals surface area (Å²) in [5.74, 6) is 0.327. The van der Waals surface area contributed by atoms with Gasteiger partial charge in [0, 0.05) is 0 Å². The van der Waals surface area contributed by atoms with Crippen LogP contribution in [-0.2, 0) is 12.0 Å². The Bertz CT molecular complexity index is 421. The van der Waals surface area contributed by atoms with Crippen molar-refractivity contribution in [3.05, 3.63) is 35.4 Å². The normalized spacial score (nSPS) is 31.3. The van der Waals surface area contributed by atoms with Crippen molar-refractivity contribution in [3.8, 4) is 0 Å². The summed E-state index contributed by atoms with van der Waals surface area (Å²) in [7, 11) is 0. The van der Waals surface area contributed by atoms with Crippen molar-refractivity contribution in [2.45, 2.75) is 59.0 Å². The van der Waals surface area contributed by atoms with Gasteiger partial charge in [-0.05, 0) is 48.1 Å². The average Bonchev–Trinajstić information content (AvgIpc) is 2.34. The Morgan fingerprint density at radius 3 is 2.61 bits per heavy atom. The minimum atomic E-state index is -0.624. The van der Waals surface area contributed by atoms with Crippen LogP contribution < -0.4 is 0 Å². The number of benzene rings is 1. The van der Waals surface area contributed by atoms with E-state index in [2.05, 4.69) is 52.0 Å². The fourth-order valence-electron chi connectivity index (χ4n) is 3.36. The predicted octanol–water partition coefficient (Wildman–Crippen LogP) is 4.28. The largest absolute Gasteiger partial charge is 0.385 e. The van der Waals surface area contributed by atoms with E-state index >= 15 is 0 Å². The lowest BCUT2D eigenvalue weighted by Gasteiger charge is -2.45. The van der Waals surface area contributed by atoms with Crippen LogP contribution in [-0.4, -0.2) is 5.11 Å². The molecule has 18 heavy (non-hydrogen) atoms. The van der Waals surface area contributed by atoms with Gasteiger partial charge >= 0.3 is 0 Å². The minimum absolute atomic E-state index is 0.327. The van der Waals surface area contributed by atoms with Crippen LogP contribution in [0.1, 0.15) is 58.1 Å². The van der Waals surface area contributed by atoms with Gasteiger partial charge in [-0.3, -0.25) is 0 Å². The average molecular weight is 246 g/mol. The van der Waals surface area contributed by atoms with Crippen molar-refractivity contribution in [1.82, 2.24) is 0 Å². The molecule has 1 fully saturated rings. The summed E-state index contributed by atoms with van der Waals surface area (Å²) in [6.07, 6.45) is 4.11. The Balaban J connectivity index is 2.30. The maximum Gasteiger partial charge on any atom is 0.0922 e. The monoisotopic (exact) mass is 246 g/mol. The number of hydrogen-bond acceptors (Lipinski definition) is 1. The molecule has 0 spiro atoms. The molecule has 100 valence electrons. The molecule has 0 bridgehead atoms. The van der Waals surface area contributed by atoms with Gasteiger partial charge in [-0.15, -0.1) is 0 Å². The zero-order chi connectivity index (χ0) is 13.4. The van der Waals surface area contributed by atoms with E-state index in [1.807, 2.05) is 0 Å². The van der Waals surface area contributed by atoms with Crippen LogP contribution in [0.25, 0.3) is 0 Å². The van der Waals surface area contributed by atoms with Gasteiger partial charge in [-0.2, -0.15) is 0 Å². The molecule has 2 rings (SSSR count). The van der Waals surface area contributed by atoms with Gasteiger partial charge < -0.3 is 5.11 Å². The third-order valence-electron chi connectivity index (χ3n) is 4.69. The number of rotatable bonds is 2. The summed E-state index contributed by atoms with van der Waals surface area (Å²) >= 11 is 0. The van der Waals surface area contributed by atoms with Gasteiger partial charge in [-0.25, -0.2) is 0 Å². The molecule has 2 atom stereocenters. The Morgan fingerprint density at radius 2 is 2.00 bits per heavy atom. The van der Waals surface area contributed by atoms with Crippen LogP contribution in [0, 0.1) is 11.3 Å². The van der Waals surface area contributed by atoms with Crippen molar-refractivity contribution >= 4 is 0 Å². The molecule has 1 heteroatoms. The summed E-state index contributed by atoms with van der Waals surface area (Å²) in [4.78, 5) is 0. The molecule has 1 aliphatic rings. The minimum Gasteiger partial charge on any atom is -0.385 e. The fraction of sp³-hybridized carbons (Fsp3) is 0.647. The fourth-order valence-corrected chi connectivity index (χ4v) is 3.36. The Kier molecular flexibility index (Phi) is 3.55. The number of hydrogen-bond donors (Lipinski definition) is 1. The lowest BCUT2D eigenvalue weighted by Crippen LogP contribution is -2.41. The summed E-state index contributed by atoms with van der Waals surface area (Å²) < 4.78 is 0. The smallest absolute Gasteiger partial charge is 0.0922 e. The first kappa shape index (κ1) is 13.6. The zero-order valence-corrected chi connectivity index (χ0v) is 12.2. The Hall–Kier alpha value is -0.820. The van der Waals surface area contributed by atoms with E-state index in [0.29, 0.717) is 11.3 Å². The first-order valence-electron chi connectivity index (χ1n) is 7.19. The SMILES string of the molecule is CCc1cccc(C2(O)CCC(C)(C)CC2C)c1. The van der Waals surface area contributed by atoms with Crippen molar-refractivity contribution in [2.24, 2.45) is 11.3 Å². The first-order valence-corrected chi connectivity index (χ1v) is 7.19. The molecule has 1 aromatic carbocycles. The zero-order valence-electron chi connectivity index (χ0n) is 12.2. The molecule has 2 unspecified atom stereocenters. The van der Waals surface area contributed by atoms with E-state index in [4.69, 9.17) is 0 Å². The topological polar surface area (TPSA) is 20.2 Å². The van der Waals surface area contributed by atoms with Crippen LogP contribution in [0.5, 0.6) is 0 Å². The van der Waals surface area contributed by atoms with Gasteiger partial charge in [0.05, 0.1) is 5.60 Å². The Morgan fingerprint density at radius 1 is 1.28 bits per heavy atom. The lowest BCUT2D eigenvalue weighted by atomic mass is 9.63. The Labute approximate surface area is 111 Å². The lowest BCUT2D eigenvalue weighted by molar-refractivity contribution is -0.0770. The van der Waals surface area contributed by atoms with Gasteiger partial charge in [0.25, 0.3) is 0 Å². The van der Waals surface area contributed by atoms with E-state index in [1.165, 1.54) is 5.56 Å². The van der Waals surface area contributed by atoms with Crippen molar-refractivity contribution in [2.75, 3.05) is 0 Å². The maximum absolute atomic E-state index is 11.1. The van der Waals surface area contributed by atoms with E-state index in [9.17, 15) is 5.11 Å². The molecular formula is C17H26O. The predicted molar refractivity (Wildman–Crippen MR) is 76.5 cm³/mol. The molecule has 0 amide bonds. The summed E-state index contributed by atoms with van der Waals surface area (Å²) in [6, 6.07) is 8.51. The molecule has 1 nitrogen and oxygen atoms in total. The first-order chi connectivity index (χ1) is 8.37. The van der Waals surface area contributed by atoms with Crippen LogP contribution in [0.2, 0.25) is 0 Å². The quantitative estimate of drug-likeness (QED) is 0.825. The van der Waals surface area contributed by atoms with Crippen LogP contribution >= 0.6 is 0 Å². The number of aryl methyl sites for hydroxylation is 1. The molecule has 1 N–H and O–H groups in total. The standard InChI is InChI=1S/C17H26O/c1-5-14-7-6-8-15(11-14)17(18)10-9-16(3,4)12-13(17)2/h6-8,11,13,18H,5,9-10,12H2,1-4H3. The number of aliphatic hydroxyl groups is 1. The summed E-state index contributed by atoms with van der Waals surface area (Å²) in [5, 5.41) is 11.1.